The number of hydrogen-bond donors (Lipinski definition) is 0. The van der Waals surface area contributed by atoms with Crippen LogP contribution < -0.4 is 14.2 Å². The lowest BCUT2D eigenvalue weighted by atomic mass is 9.82. The van der Waals surface area contributed by atoms with Gasteiger partial charge >= 0.3 is 0 Å². The van der Waals surface area contributed by atoms with Crippen molar-refractivity contribution in [2.24, 2.45) is 11.0 Å². The van der Waals surface area contributed by atoms with Gasteiger partial charge in [-0.1, -0.05) is 19.1 Å². The Morgan fingerprint density at radius 1 is 1.03 bits per heavy atom. The molecule has 0 amide bonds. The molecule has 1 fully saturated rings. The molecular formula is C24H28N2O3. The molecule has 2 aliphatic heterocycles. The van der Waals surface area contributed by atoms with E-state index in [9.17, 15) is 0 Å². The number of fused-ring (bicyclic) bond motifs is 4. The van der Waals surface area contributed by atoms with E-state index in [1.807, 2.05) is 24.3 Å². The lowest BCUT2D eigenvalue weighted by Crippen LogP contribution is -2.55. The van der Waals surface area contributed by atoms with Crippen LogP contribution in [0.2, 0.25) is 0 Å². The third-order valence-corrected chi connectivity index (χ3v) is 6.69. The average molecular weight is 392 g/mol. The molecule has 5 heteroatoms. The SMILES string of the molecule is COc1ccc(C2=NN3C(C2)c2cccc(OC)c2OC32CCC(C)CC2)cc1. The summed E-state index contributed by atoms with van der Waals surface area (Å²) in [7, 11) is 3.41. The number of rotatable bonds is 3. The van der Waals surface area contributed by atoms with E-state index in [-0.39, 0.29) is 11.8 Å². The van der Waals surface area contributed by atoms with Gasteiger partial charge in [0, 0.05) is 24.8 Å². The lowest BCUT2D eigenvalue weighted by Gasteiger charge is -2.50. The molecule has 1 unspecified atom stereocenters. The summed E-state index contributed by atoms with van der Waals surface area (Å²) < 4.78 is 17.7. The Kier molecular flexibility index (Phi) is 4.41. The minimum Gasteiger partial charge on any atom is -0.497 e. The molecule has 1 saturated carbocycles. The largest absolute Gasteiger partial charge is 0.497 e. The molecule has 0 radical (unpaired) electrons. The normalized spacial score (nSPS) is 27.7. The Morgan fingerprint density at radius 3 is 2.48 bits per heavy atom. The molecule has 3 aliphatic rings. The molecule has 0 bridgehead atoms. The van der Waals surface area contributed by atoms with Crippen molar-refractivity contribution < 1.29 is 14.2 Å². The van der Waals surface area contributed by atoms with Crippen LogP contribution >= 0.6 is 0 Å². The summed E-state index contributed by atoms with van der Waals surface area (Å²) in [4.78, 5) is 0. The van der Waals surface area contributed by atoms with E-state index in [1.54, 1.807) is 14.2 Å². The molecule has 1 aliphatic carbocycles. The van der Waals surface area contributed by atoms with Gasteiger partial charge in [0.15, 0.2) is 17.2 Å². The Balaban J connectivity index is 1.57. The second kappa shape index (κ2) is 6.97. The Morgan fingerprint density at radius 2 is 1.79 bits per heavy atom. The summed E-state index contributed by atoms with van der Waals surface area (Å²) in [6.45, 7) is 2.33. The van der Waals surface area contributed by atoms with Gasteiger partial charge in [-0.2, -0.15) is 5.10 Å². The zero-order chi connectivity index (χ0) is 20.0. The van der Waals surface area contributed by atoms with E-state index in [1.165, 1.54) is 5.56 Å². The minimum absolute atomic E-state index is 0.180. The number of benzene rings is 2. The summed E-state index contributed by atoms with van der Waals surface area (Å²) in [6.07, 6.45) is 5.15. The van der Waals surface area contributed by atoms with Crippen molar-refractivity contribution in [3.05, 3.63) is 53.6 Å². The van der Waals surface area contributed by atoms with Crippen molar-refractivity contribution in [2.75, 3.05) is 14.2 Å². The number of ether oxygens (including phenoxy) is 3. The van der Waals surface area contributed by atoms with Gasteiger partial charge in [-0.05, 0) is 54.7 Å². The first-order chi connectivity index (χ1) is 14.1. The number of para-hydroxylation sites is 1. The molecule has 5 nitrogen and oxygen atoms in total. The van der Waals surface area contributed by atoms with Crippen molar-refractivity contribution in [1.82, 2.24) is 5.01 Å². The summed E-state index contributed by atoms with van der Waals surface area (Å²) in [5.41, 5.74) is 3.03. The molecule has 2 aromatic rings. The molecule has 0 saturated heterocycles. The van der Waals surface area contributed by atoms with E-state index in [4.69, 9.17) is 19.3 Å². The fraction of sp³-hybridized carbons (Fsp3) is 0.458. The molecule has 0 aromatic heterocycles. The van der Waals surface area contributed by atoms with Crippen LogP contribution in [0.25, 0.3) is 0 Å². The third-order valence-electron chi connectivity index (χ3n) is 6.69. The first-order valence-electron chi connectivity index (χ1n) is 10.5. The second-order valence-corrected chi connectivity index (χ2v) is 8.45. The maximum atomic E-state index is 6.74. The third kappa shape index (κ3) is 2.95. The van der Waals surface area contributed by atoms with E-state index >= 15 is 0 Å². The summed E-state index contributed by atoms with van der Waals surface area (Å²) in [6, 6.07) is 14.6. The van der Waals surface area contributed by atoms with Crippen LogP contribution in [-0.4, -0.2) is 30.7 Å². The summed E-state index contributed by atoms with van der Waals surface area (Å²) >= 11 is 0. The topological polar surface area (TPSA) is 43.3 Å². The van der Waals surface area contributed by atoms with Gasteiger partial charge in [-0.15, -0.1) is 0 Å². The van der Waals surface area contributed by atoms with Crippen LogP contribution in [0.1, 0.15) is 56.2 Å². The first-order valence-corrected chi connectivity index (χ1v) is 10.5. The smallest absolute Gasteiger partial charge is 0.198 e. The van der Waals surface area contributed by atoms with E-state index < -0.39 is 0 Å². The molecule has 0 N–H and O–H groups in total. The van der Waals surface area contributed by atoms with Gasteiger partial charge < -0.3 is 14.2 Å². The molecule has 1 spiro atoms. The molecule has 29 heavy (non-hydrogen) atoms. The maximum absolute atomic E-state index is 6.74. The highest BCUT2D eigenvalue weighted by Crippen LogP contribution is 2.54. The van der Waals surface area contributed by atoms with Crippen molar-refractivity contribution in [1.29, 1.82) is 0 Å². The highest BCUT2D eigenvalue weighted by Gasteiger charge is 2.52. The van der Waals surface area contributed by atoms with Crippen LogP contribution in [-0.2, 0) is 0 Å². The van der Waals surface area contributed by atoms with Crippen molar-refractivity contribution >= 4 is 5.71 Å². The Hall–Kier alpha value is -2.69. The average Bonchev–Trinajstić information content (AvgIpc) is 3.22. The van der Waals surface area contributed by atoms with Gasteiger partial charge in [0.1, 0.15) is 5.75 Å². The molecule has 1 atom stereocenters. The number of methoxy groups -OCH3 is 2. The molecule has 5 rings (SSSR count). The highest BCUT2D eigenvalue weighted by atomic mass is 16.5. The summed E-state index contributed by atoms with van der Waals surface area (Å²) in [5.74, 6) is 3.31. The summed E-state index contributed by atoms with van der Waals surface area (Å²) in [5, 5.41) is 7.40. The second-order valence-electron chi connectivity index (χ2n) is 8.45. The maximum Gasteiger partial charge on any atom is 0.198 e. The zero-order valence-electron chi connectivity index (χ0n) is 17.4. The first kappa shape index (κ1) is 18.3. The van der Waals surface area contributed by atoms with Crippen molar-refractivity contribution in [3.63, 3.8) is 0 Å². The number of nitrogens with zero attached hydrogens (tertiary/aromatic N) is 2. The monoisotopic (exact) mass is 392 g/mol. The number of hydrogen-bond acceptors (Lipinski definition) is 5. The predicted octanol–water partition coefficient (Wildman–Crippen LogP) is 5.15. The molecular weight excluding hydrogens is 364 g/mol. The molecule has 2 aromatic carbocycles. The van der Waals surface area contributed by atoms with Gasteiger partial charge in [-0.25, -0.2) is 5.01 Å². The van der Waals surface area contributed by atoms with Crippen LogP contribution in [0.4, 0.5) is 0 Å². The van der Waals surface area contributed by atoms with Gasteiger partial charge in [0.25, 0.3) is 0 Å². The van der Waals surface area contributed by atoms with Gasteiger partial charge in [-0.3, -0.25) is 0 Å². The highest BCUT2D eigenvalue weighted by molar-refractivity contribution is 6.02. The lowest BCUT2D eigenvalue weighted by molar-refractivity contribution is -0.146. The standard InChI is InChI=1S/C24H28N2O3/c1-16-11-13-24(14-12-16)26-21(19-5-4-6-22(28-3)23(19)29-24)15-20(25-26)17-7-9-18(27-2)10-8-17/h4-10,16,21H,11-15H2,1-3H3. The fourth-order valence-corrected chi connectivity index (χ4v) is 4.93. The quantitative estimate of drug-likeness (QED) is 0.724. The predicted molar refractivity (Wildman–Crippen MR) is 113 cm³/mol. The molecule has 152 valence electrons. The van der Waals surface area contributed by atoms with Gasteiger partial charge in [0.2, 0.25) is 0 Å². The van der Waals surface area contributed by atoms with E-state index in [0.717, 1.165) is 66.5 Å². The molecule has 2 heterocycles. The van der Waals surface area contributed by atoms with Crippen LogP contribution in [0.5, 0.6) is 17.2 Å². The Bertz CT molecular complexity index is 930. The van der Waals surface area contributed by atoms with Gasteiger partial charge in [0.05, 0.1) is 26.0 Å². The van der Waals surface area contributed by atoms with Crippen molar-refractivity contribution in [3.8, 4) is 17.2 Å². The van der Waals surface area contributed by atoms with Crippen LogP contribution in [0.15, 0.2) is 47.6 Å². The zero-order valence-corrected chi connectivity index (χ0v) is 17.4. The Labute approximate surface area is 172 Å². The fourth-order valence-electron chi connectivity index (χ4n) is 4.93. The van der Waals surface area contributed by atoms with Crippen LogP contribution in [0, 0.1) is 5.92 Å². The van der Waals surface area contributed by atoms with E-state index in [0.29, 0.717) is 0 Å². The van der Waals surface area contributed by atoms with Crippen LogP contribution in [0.3, 0.4) is 0 Å². The van der Waals surface area contributed by atoms with Crippen molar-refractivity contribution in [2.45, 2.75) is 50.8 Å². The number of hydrazone groups is 1. The van der Waals surface area contributed by atoms with E-state index in [2.05, 4.69) is 30.1 Å². The minimum atomic E-state index is -0.382.